The second kappa shape index (κ2) is 6.84. The van der Waals surface area contributed by atoms with Crippen LogP contribution < -0.4 is 5.73 Å². The van der Waals surface area contributed by atoms with Crippen LogP contribution in [0.15, 0.2) is 48.8 Å². The molecule has 0 spiro atoms. The molecule has 4 heteroatoms. The lowest BCUT2D eigenvalue weighted by Crippen LogP contribution is -2.32. The summed E-state index contributed by atoms with van der Waals surface area (Å²) in [7, 11) is 2.07. The molecule has 0 aliphatic rings. The van der Waals surface area contributed by atoms with Gasteiger partial charge >= 0.3 is 0 Å². The highest BCUT2D eigenvalue weighted by molar-refractivity contribution is 6.31. The normalized spacial score (nSPS) is 14.2. The number of nitrogens with two attached hydrogens (primary N) is 1. The second-order valence-electron chi connectivity index (χ2n) is 4.90. The van der Waals surface area contributed by atoms with Crippen molar-refractivity contribution in [2.24, 2.45) is 5.73 Å². The molecule has 1 heterocycles. The Bertz CT molecular complexity index is 544. The van der Waals surface area contributed by atoms with E-state index in [2.05, 4.69) is 36.0 Å². The van der Waals surface area contributed by atoms with Crippen LogP contribution >= 0.6 is 11.6 Å². The van der Waals surface area contributed by atoms with Crippen molar-refractivity contribution in [1.29, 1.82) is 0 Å². The Balaban J connectivity index is 2.25. The molecule has 2 atom stereocenters. The van der Waals surface area contributed by atoms with Crippen LogP contribution in [-0.4, -0.2) is 23.5 Å². The van der Waals surface area contributed by atoms with Crippen molar-refractivity contribution in [1.82, 2.24) is 9.88 Å². The van der Waals surface area contributed by atoms with Crippen molar-refractivity contribution in [2.75, 3.05) is 13.6 Å². The molecule has 2 aromatic rings. The number of benzene rings is 1. The van der Waals surface area contributed by atoms with E-state index in [9.17, 15) is 0 Å². The molecule has 2 N–H and O–H groups in total. The smallest absolute Gasteiger partial charge is 0.0488 e. The summed E-state index contributed by atoms with van der Waals surface area (Å²) in [6.07, 6.45) is 3.64. The summed E-state index contributed by atoms with van der Waals surface area (Å²) in [4.78, 5) is 6.41. The van der Waals surface area contributed by atoms with Crippen LogP contribution in [0.5, 0.6) is 0 Å². The Hall–Kier alpha value is -1.42. The molecular weight excluding hydrogens is 270 g/mol. The number of hydrogen-bond donors (Lipinski definition) is 1. The van der Waals surface area contributed by atoms with E-state index in [-0.39, 0.29) is 12.1 Å². The van der Waals surface area contributed by atoms with E-state index < -0.39 is 0 Å². The van der Waals surface area contributed by atoms with E-state index in [0.29, 0.717) is 6.54 Å². The average molecular weight is 290 g/mol. The predicted octanol–water partition coefficient (Wildman–Crippen LogP) is 3.43. The molecule has 1 aromatic carbocycles. The summed E-state index contributed by atoms with van der Waals surface area (Å²) in [6.45, 7) is 2.68. The standard InChI is InChI=1S/C16H20ClN3/c1-12(14-7-3-4-8-15(14)17)20(2)16(10-18)13-6-5-9-19-11-13/h3-9,11-12,16H,10,18H2,1-2H3. The van der Waals surface area contributed by atoms with Gasteiger partial charge in [0.2, 0.25) is 0 Å². The summed E-state index contributed by atoms with van der Waals surface area (Å²) in [6, 6.07) is 12.2. The fourth-order valence-corrected chi connectivity index (χ4v) is 2.71. The molecule has 0 amide bonds. The van der Waals surface area contributed by atoms with E-state index in [1.165, 1.54) is 0 Å². The van der Waals surface area contributed by atoms with Crippen molar-refractivity contribution < 1.29 is 0 Å². The maximum absolute atomic E-state index is 6.29. The maximum atomic E-state index is 6.29. The van der Waals surface area contributed by atoms with E-state index in [4.69, 9.17) is 17.3 Å². The summed E-state index contributed by atoms with van der Waals surface area (Å²) in [5.74, 6) is 0. The van der Waals surface area contributed by atoms with Crippen molar-refractivity contribution in [2.45, 2.75) is 19.0 Å². The topological polar surface area (TPSA) is 42.1 Å². The Morgan fingerprint density at radius 2 is 2.00 bits per heavy atom. The molecule has 2 unspecified atom stereocenters. The van der Waals surface area contributed by atoms with Crippen LogP contribution in [0.3, 0.4) is 0 Å². The highest BCUT2D eigenvalue weighted by Gasteiger charge is 2.22. The third-order valence-electron chi connectivity index (χ3n) is 3.75. The van der Waals surface area contributed by atoms with E-state index in [1.807, 2.05) is 30.5 Å². The van der Waals surface area contributed by atoms with Gasteiger partial charge in [-0.2, -0.15) is 0 Å². The first-order valence-corrected chi connectivity index (χ1v) is 7.09. The Morgan fingerprint density at radius 1 is 1.25 bits per heavy atom. The molecule has 1 aromatic heterocycles. The van der Waals surface area contributed by atoms with Gasteiger partial charge in [0.15, 0.2) is 0 Å². The summed E-state index contributed by atoms with van der Waals surface area (Å²) < 4.78 is 0. The number of rotatable bonds is 5. The van der Waals surface area contributed by atoms with Gasteiger partial charge in [-0.05, 0) is 37.2 Å². The number of hydrogen-bond acceptors (Lipinski definition) is 3. The Labute approximate surface area is 125 Å². The molecule has 0 saturated carbocycles. The van der Waals surface area contributed by atoms with Crippen molar-refractivity contribution in [3.63, 3.8) is 0 Å². The Kier molecular flexibility index (Phi) is 5.12. The lowest BCUT2D eigenvalue weighted by molar-refractivity contribution is 0.190. The highest BCUT2D eigenvalue weighted by Crippen LogP contribution is 2.31. The zero-order valence-electron chi connectivity index (χ0n) is 11.8. The third-order valence-corrected chi connectivity index (χ3v) is 4.09. The molecule has 0 fully saturated rings. The molecule has 0 radical (unpaired) electrons. The number of aromatic nitrogens is 1. The molecule has 0 aliphatic heterocycles. The molecule has 3 nitrogen and oxygen atoms in total. The van der Waals surface area contributed by atoms with Crippen molar-refractivity contribution in [3.8, 4) is 0 Å². The lowest BCUT2D eigenvalue weighted by Gasteiger charge is -2.33. The van der Waals surface area contributed by atoms with E-state index in [0.717, 1.165) is 16.1 Å². The highest BCUT2D eigenvalue weighted by atomic mass is 35.5. The lowest BCUT2D eigenvalue weighted by atomic mass is 10.0. The van der Waals surface area contributed by atoms with Crippen molar-refractivity contribution in [3.05, 3.63) is 64.9 Å². The Morgan fingerprint density at radius 3 is 2.60 bits per heavy atom. The van der Waals surface area contributed by atoms with Crippen molar-refractivity contribution >= 4 is 11.6 Å². The van der Waals surface area contributed by atoms with Crippen LogP contribution in [0.4, 0.5) is 0 Å². The first kappa shape index (κ1) is 15.0. The van der Waals surface area contributed by atoms with Crippen LogP contribution in [0.2, 0.25) is 5.02 Å². The van der Waals surface area contributed by atoms with E-state index in [1.54, 1.807) is 6.20 Å². The second-order valence-corrected chi connectivity index (χ2v) is 5.31. The molecular formula is C16H20ClN3. The minimum absolute atomic E-state index is 0.120. The molecule has 0 saturated heterocycles. The number of likely N-dealkylation sites (N-methyl/N-ethyl adjacent to an activating group) is 1. The number of halogens is 1. The summed E-state index contributed by atoms with van der Waals surface area (Å²) in [5, 5.41) is 0.786. The molecule has 0 aliphatic carbocycles. The maximum Gasteiger partial charge on any atom is 0.0488 e. The quantitative estimate of drug-likeness (QED) is 0.917. The zero-order chi connectivity index (χ0) is 14.5. The third kappa shape index (κ3) is 3.18. The number of nitrogens with zero attached hydrogens (tertiary/aromatic N) is 2. The average Bonchev–Trinajstić information content (AvgIpc) is 2.49. The van der Waals surface area contributed by atoms with Gasteiger partial charge in [0.05, 0.1) is 0 Å². The van der Waals surface area contributed by atoms with Gasteiger partial charge in [-0.1, -0.05) is 35.9 Å². The zero-order valence-corrected chi connectivity index (χ0v) is 12.6. The number of pyridine rings is 1. The summed E-state index contributed by atoms with van der Waals surface area (Å²) in [5.41, 5.74) is 8.19. The first-order valence-electron chi connectivity index (χ1n) is 6.71. The van der Waals surface area contributed by atoms with Gasteiger partial charge in [0.25, 0.3) is 0 Å². The van der Waals surface area contributed by atoms with Crippen LogP contribution in [0.1, 0.15) is 30.1 Å². The fraction of sp³-hybridized carbons (Fsp3) is 0.312. The minimum Gasteiger partial charge on any atom is -0.329 e. The first-order chi connectivity index (χ1) is 9.65. The van der Waals surface area contributed by atoms with Gasteiger partial charge in [0, 0.05) is 36.0 Å². The van der Waals surface area contributed by atoms with Gasteiger partial charge in [-0.15, -0.1) is 0 Å². The summed E-state index contributed by atoms with van der Waals surface area (Å²) >= 11 is 6.29. The van der Waals surface area contributed by atoms with Gasteiger partial charge in [0.1, 0.15) is 0 Å². The van der Waals surface area contributed by atoms with Crippen LogP contribution in [0, 0.1) is 0 Å². The van der Waals surface area contributed by atoms with Gasteiger partial charge < -0.3 is 5.73 Å². The van der Waals surface area contributed by atoms with Gasteiger partial charge in [-0.3, -0.25) is 9.88 Å². The van der Waals surface area contributed by atoms with Gasteiger partial charge in [-0.25, -0.2) is 0 Å². The SMILES string of the molecule is CC(c1ccccc1Cl)N(C)C(CN)c1cccnc1. The van der Waals surface area contributed by atoms with Crippen LogP contribution in [-0.2, 0) is 0 Å². The molecule has 2 rings (SSSR count). The minimum atomic E-state index is 0.120. The molecule has 0 bridgehead atoms. The monoisotopic (exact) mass is 289 g/mol. The van der Waals surface area contributed by atoms with E-state index >= 15 is 0 Å². The predicted molar refractivity (Wildman–Crippen MR) is 83.7 cm³/mol. The largest absolute Gasteiger partial charge is 0.329 e. The molecule has 106 valence electrons. The molecule has 20 heavy (non-hydrogen) atoms. The van der Waals surface area contributed by atoms with Crippen LogP contribution in [0.25, 0.3) is 0 Å². The fourth-order valence-electron chi connectivity index (χ4n) is 2.41.